The van der Waals surface area contributed by atoms with E-state index in [-0.39, 0.29) is 12.3 Å². The Hall–Kier alpha value is -3.61. The minimum Gasteiger partial charge on any atom is -0.361 e. The zero-order chi connectivity index (χ0) is 23.2. The highest BCUT2D eigenvalue weighted by Crippen LogP contribution is 2.19. The van der Waals surface area contributed by atoms with Crippen LogP contribution in [0.1, 0.15) is 21.5 Å². The topological polar surface area (TPSA) is 86.3 Å². The number of carbonyl (C=O) groups excluding carboxylic acids is 2. The number of aromatic amines is 1. The molecule has 0 saturated heterocycles. The number of carbonyl (C=O) groups is 2. The summed E-state index contributed by atoms with van der Waals surface area (Å²) in [7, 11) is 0. The summed E-state index contributed by atoms with van der Waals surface area (Å²) in [6.45, 7) is 0. The Morgan fingerprint density at radius 1 is 0.939 bits per heavy atom. The highest BCUT2D eigenvalue weighted by molar-refractivity contribution is 6.31. The van der Waals surface area contributed by atoms with Gasteiger partial charge in [-0.15, -0.1) is 0 Å². The van der Waals surface area contributed by atoms with Gasteiger partial charge in [0.1, 0.15) is 6.04 Å². The lowest BCUT2D eigenvalue weighted by Crippen LogP contribution is -2.46. The van der Waals surface area contributed by atoms with E-state index in [9.17, 15) is 9.59 Å². The number of nitrogens with zero attached hydrogens (tertiary/aromatic N) is 1. The second kappa shape index (κ2) is 10.3. The third kappa shape index (κ3) is 5.80. The monoisotopic (exact) mass is 478 g/mol. The summed E-state index contributed by atoms with van der Waals surface area (Å²) in [6, 6.07) is 20.4. The molecule has 0 fully saturated rings. The molecule has 8 heteroatoms. The summed E-state index contributed by atoms with van der Waals surface area (Å²) in [4.78, 5) is 29.0. The van der Waals surface area contributed by atoms with Crippen molar-refractivity contribution in [1.82, 2.24) is 15.7 Å². The summed E-state index contributed by atoms with van der Waals surface area (Å²) in [5, 5.41) is 8.97. The summed E-state index contributed by atoms with van der Waals surface area (Å²) in [5.41, 5.74) is 5.56. The lowest BCUT2D eigenvalue weighted by molar-refractivity contribution is -0.122. The molecular formula is C25H20Cl2N4O2. The van der Waals surface area contributed by atoms with Gasteiger partial charge >= 0.3 is 0 Å². The fraction of sp³-hybridized carbons (Fsp3) is 0.0800. The number of H-pyrrole nitrogens is 1. The Balaban J connectivity index is 1.53. The van der Waals surface area contributed by atoms with Crippen LogP contribution in [0.5, 0.6) is 0 Å². The van der Waals surface area contributed by atoms with Crippen LogP contribution in [0.25, 0.3) is 10.9 Å². The number of rotatable bonds is 7. The predicted molar refractivity (Wildman–Crippen MR) is 132 cm³/mol. The van der Waals surface area contributed by atoms with Crippen molar-refractivity contribution in [2.45, 2.75) is 12.5 Å². The number of benzene rings is 3. The maximum absolute atomic E-state index is 13.0. The van der Waals surface area contributed by atoms with Crippen molar-refractivity contribution >= 4 is 52.1 Å². The van der Waals surface area contributed by atoms with Crippen molar-refractivity contribution in [2.24, 2.45) is 5.10 Å². The van der Waals surface area contributed by atoms with Gasteiger partial charge in [-0.3, -0.25) is 9.59 Å². The number of para-hydroxylation sites is 1. The molecule has 33 heavy (non-hydrogen) atoms. The highest BCUT2D eigenvalue weighted by atomic mass is 35.5. The van der Waals surface area contributed by atoms with Gasteiger partial charge in [0.05, 0.1) is 6.21 Å². The van der Waals surface area contributed by atoms with E-state index in [1.165, 1.54) is 6.21 Å². The van der Waals surface area contributed by atoms with Gasteiger partial charge in [0.2, 0.25) is 0 Å². The Morgan fingerprint density at radius 3 is 2.33 bits per heavy atom. The first kappa shape index (κ1) is 22.6. The van der Waals surface area contributed by atoms with Crippen LogP contribution in [-0.4, -0.2) is 29.1 Å². The van der Waals surface area contributed by atoms with Crippen LogP contribution in [0.3, 0.4) is 0 Å². The van der Waals surface area contributed by atoms with Crippen molar-refractivity contribution in [3.63, 3.8) is 0 Å². The van der Waals surface area contributed by atoms with E-state index < -0.39 is 11.9 Å². The first-order chi connectivity index (χ1) is 16.0. The average Bonchev–Trinajstić information content (AvgIpc) is 3.23. The van der Waals surface area contributed by atoms with Gasteiger partial charge < -0.3 is 10.3 Å². The molecule has 1 atom stereocenters. The first-order valence-electron chi connectivity index (χ1n) is 10.2. The minimum atomic E-state index is -0.852. The Kier molecular flexibility index (Phi) is 7.07. The van der Waals surface area contributed by atoms with Gasteiger partial charge in [-0.25, -0.2) is 5.43 Å². The third-order valence-electron chi connectivity index (χ3n) is 5.09. The molecule has 4 aromatic rings. The number of nitrogens with one attached hydrogen (secondary N) is 3. The maximum Gasteiger partial charge on any atom is 0.262 e. The molecule has 0 radical (unpaired) electrons. The molecule has 0 spiro atoms. The van der Waals surface area contributed by atoms with Crippen molar-refractivity contribution in [3.05, 3.63) is 106 Å². The molecule has 6 nitrogen and oxygen atoms in total. The van der Waals surface area contributed by atoms with Gasteiger partial charge in [-0.2, -0.15) is 5.10 Å². The van der Waals surface area contributed by atoms with Gasteiger partial charge in [-0.05, 0) is 53.6 Å². The smallest absolute Gasteiger partial charge is 0.262 e. The van der Waals surface area contributed by atoms with E-state index in [0.717, 1.165) is 22.0 Å². The largest absolute Gasteiger partial charge is 0.361 e. The lowest BCUT2D eigenvalue weighted by atomic mass is 10.0. The summed E-state index contributed by atoms with van der Waals surface area (Å²) < 4.78 is 0. The molecule has 0 aliphatic heterocycles. The summed E-state index contributed by atoms with van der Waals surface area (Å²) >= 11 is 11.8. The Labute approximate surface area is 200 Å². The zero-order valence-corrected chi connectivity index (χ0v) is 18.9. The number of hydrazone groups is 1. The van der Waals surface area contributed by atoms with Crippen molar-refractivity contribution in [3.8, 4) is 0 Å². The van der Waals surface area contributed by atoms with Gasteiger partial charge in [0.15, 0.2) is 0 Å². The molecule has 1 aromatic heterocycles. The van der Waals surface area contributed by atoms with Crippen LogP contribution in [-0.2, 0) is 11.2 Å². The predicted octanol–water partition coefficient (Wildman–Crippen LogP) is 4.97. The van der Waals surface area contributed by atoms with Crippen molar-refractivity contribution in [1.29, 1.82) is 0 Å². The van der Waals surface area contributed by atoms with E-state index in [4.69, 9.17) is 23.2 Å². The van der Waals surface area contributed by atoms with Crippen LogP contribution in [0, 0.1) is 0 Å². The van der Waals surface area contributed by atoms with Crippen LogP contribution in [0.4, 0.5) is 0 Å². The summed E-state index contributed by atoms with van der Waals surface area (Å²) in [6.07, 6.45) is 3.64. The lowest BCUT2D eigenvalue weighted by Gasteiger charge is -2.17. The van der Waals surface area contributed by atoms with E-state index >= 15 is 0 Å². The second-order valence-corrected chi connectivity index (χ2v) is 8.26. The molecule has 2 amide bonds. The maximum atomic E-state index is 13.0. The molecule has 0 aliphatic rings. The molecule has 3 aromatic carbocycles. The molecule has 0 aliphatic carbocycles. The number of amides is 2. The SMILES string of the molecule is O=C(NC(Cc1c[nH]c2ccccc12)C(=O)NN=Cc1ccc(Cl)cc1)c1ccc(Cl)cc1. The van der Waals surface area contributed by atoms with Gasteiger partial charge in [-0.1, -0.05) is 53.5 Å². The molecular weight excluding hydrogens is 459 g/mol. The van der Waals surface area contributed by atoms with E-state index in [2.05, 4.69) is 20.8 Å². The molecule has 1 heterocycles. The minimum absolute atomic E-state index is 0.283. The van der Waals surface area contributed by atoms with Crippen LogP contribution >= 0.6 is 23.2 Å². The fourth-order valence-corrected chi connectivity index (χ4v) is 3.62. The van der Waals surface area contributed by atoms with Crippen molar-refractivity contribution in [2.75, 3.05) is 0 Å². The molecule has 166 valence electrons. The number of halogens is 2. The van der Waals surface area contributed by atoms with Crippen LogP contribution in [0.2, 0.25) is 10.0 Å². The number of hydrogen-bond acceptors (Lipinski definition) is 3. The van der Waals surface area contributed by atoms with E-state index in [0.29, 0.717) is 15.6 Å². The molecule has 0 bridgehead atoms. The third-order valence-corrected chi connectivity index (χ3v) is 5.59. The number of fused-ring (bicyclic) bond motifs is 1. The quantitative estimate of drug-likeness (QED) is 0.258. The molecule has 0 saturated carbocycles. The fourth-order valence-electron chi connectivity index (χ4n) is 3.37. The van der Waals surface area contributed by atoms with Crippen LogP contribution < -0.4 is 10.7 Å². The highest BCUT2D eigenvalue weighted by Gasteiger charge is 2.23. The van der Waals surface area contributed by atoms with Crippen molar-refractivity contribution < 1.29 is 9.59 Å². The van der Waals surface area contributed by atoms with E-state index in [1.807, 2.05) is 30.5 Å². The van der Waals surface area contributed by atoms with Gasteiger partial charge in [0.25, 0.3) is 11.8 Å². The molecule has 1 unspecified atom stereocenters. The average molecular weight is 479 g/mol. The number of aromatic nitrogens is 1. The molecule has 3 N–H and O–H groups in total. The Bertz CT molecular complexity index is 1300. The van der Waals surface area contributed by atoms with Crippen LogP contribution in [0.15, 0.2) is 84.1 Å². The zero-order valence-electron chi connectivity index (χ0n) is 17.4. The number of hydrogen-bond donors (Lipinski definition) is 3. The first-order valence-corrected chi connectivity index (χ1v) is 10.9. The normalized spacial score (nSPS) is 12.1. The standard InChI is InChI=1S/C25H20Cl2N4O2/c26-19-9-5-16(6-10-19)14-29-31-25(33)23(30-24(32)17-7-11-20(27)12-8-17)13-18-15-28-22-4-2-1-3-21(18)22/h1-12,14-15,23,28H,13H2,(H,30,32)(H,31,33). The van der Waals surface area contributed by atoms with E-state index in [1.54, 1.807) is 48.5 Å². The second-order valence-electron chi connectivity index (χ2n) is 7.38. The Morgan fingerprint density at radius 2 is 1.61 bits per heavy atom. The van der Waals surface area contributed by atoms with Gasteiger partial charge in [0, 0.05) is 39.1 Å². The molecule has 4 rings (SSSR count). The summed E-state index contributed by atoms with van der Waals surface area (Å²) in [5.74, 6) is -0.818.